The zero-order valence-electron chi connectivity index (χ0n) is 10.7. The van der Waals surface area contributed by atoms with E-state index < -0.39 is 11.7 Å². The summed E-state index contributed by atoms with van der Waals surface area (Å²) in [4.78, 5) is 16.4. The lowest BCUT2D eigenvalue weighted by molar-refractivity contribution is 0.102. The van der Waals surface area contributed by atoms with Gasteiger partial charge in [-0.3, -0.25) is 10.1 Å². The Kier molecular flexibility index (Phi) is 4.23. The first-order valence-electron chi connectivity index (χ1n) is 5.97. The molecule has 1 N–H and O–H groups in total. The molecule has 0 unspecified atom stereocenters. The van der Waals surface area contributed by atoms with Gasteiger partial charge in [0.25, 0.3) is 5.91 Å². The van der Waals surface area contributed by atoms with Crippen molar-refractivity contribution in [2.45, 2.75) is 0 Å². The molecule has 0 spiro atoms. The molecule has 2 aromatic carbocycles. The van der Waals surface area contributed by atoms with Crippen LogP contribution in [-0.4, -0.2) is 10.9 Å². The predicted octanol–water partition coefficient (Wildman–Crippen LogP) is 5.65. The SMILES string of the molecule is O=C(Nc1nc2c(Cl)c(Cl)ccc2s1)c1c(F)cccc1Cl. The van der Waals surface area contributed by atoms with E-state index in [4.69, 9.17) is 34.8 Å². The number of rotatable bonds is 2. The molecule has 0 saturated heterocycles. The molecule has 22 heavy (non-hydrogen) atoms. The molecule has 0 aliphatic carbocycles. The fraction of sp³-hybridized carbons (Fsp3) is 0. The van der Waals surface area contributed by atoms with Crippen molar-refractivity contribution in [3.63, 3.8) is 0 Å². The predicted molar refractivity (Wildman–Crippen MR) is 89.0 cm³/mol. The second-order valence-electron chi connectivity index (χ2n) is 4.28. The van der Waals surface area contributed by atoms with E-state index in [1.165, 1.54) is 23.5 Å². The van der Waals surface area contributed by atoms with Crippen LogP contribution in [0, 0.1) is 5.82 Å². The number of hydrogen-bond acceptors (Lipinski definition) is 3. The third-order valence-corrected chi connectivity index (χ3v) is 4.91. The first-order valence-corrected chi connectivity index (χ1v) is 7.92. The Morgan fingerprint density at radius 2 is 1.91 bits per heavy atom. The Labute approximate surface area is 143 Å². The van der Waals surface area contributed by atoms with Crippen molar-refractivity contribution in [3.8, 4) is 0 Å². The zero-order valence-corrected chi connectivity index (χ0v) is 13.7. The molecule has 1 heterocycles. The van der Waals surface area contributed by atoms with Crippen molar-refractivity contribution >= 4 is 67.4 Å². The summed E-state index contributed by atoms with van der Waals surface area (Å²) in [5.74, 6) is -1.38. The van der Waals surface area contributed by atoms with Crippen LogP contribution in [0.25, 0.3) is 10.2 Å². The Bertz CT molecular complexity index is 877. The lowest BCUT2D eigenvalue weighted by atomic mass is 10.2. The second kappa shape index (κ2) is 6.01. The van der Waals surface area contributed by atoms with Crippen LogP contribution in [0.2, 0.25) is 15.1 Å². The number of amides is 1. The minimum absolute atomic E-state index is 0.0275. The highest BCUT2D eigenvalue weighted by atomic mass is 35.5. The molecule has 112 valence electrons. The van der Waals surface area contributed by atoms with E-state index >= 15 is 0 Å². The van der Waals surface area contributed by atoms with Gasteiger partial charge in [0.05, 0.1) is 25.3 Å². The highest BCUT2D eigenvalue weighted by Crippen LogP contribution is 2.35. The van der Waals surface area contributed by atoms with Gasteiger partial charge >= 0.3 is 0 Å². The smallest absolute Gasteiger partial charge is 0.261 e. The summed E-state index contributed by atoms with van der Waals surface area (Å²) in [5.41, 5.74) is 0.252. The molecule has 0 aliphatic heterocycles. The quantitative estimate of drug-likeness (QED) is 0.629. The van der Waals surface area contributed by atoms with Gasteiger partial charge in [-0.05, 0) is 24.3 Å². The average molecular weight is 376 g/mol. The van der Waals surface area contributed by atoms with Crippen LogP contribution >= 0.6 is 46.1 Å². The Balaban J connectivity index is 1.96. The lowest BCUT2D eigenvalue weighted by Crippen LogP contribution is -2.14. The zero-order chi connectivity index (χ0) is 15.9. The molecule has 3 aromatic rings. The Hall–Kier alpha value is -1.40. The number of aromatic nitrogens is 1. The number of carbonyl (C=O) groups is 1. The summed E-state index contributed by atoms with van der Waals surface area (Å²) >= 11 is 19.0. The molecule has 0 atom stereocenters. The van der Waals surface area contributed by atoms with Crippen LogP contribution in [0.3, 0.4) is 0 Å². The number of benzene rings is 2. The minimum Gasteiger partial charge on any atom is -0.298 e. The van der Waals surface area contributed by atoms with Crippen molar-refractivity contribution in [2.75, 3.05) is 5.32 Å². The van der Waals surface area contributed by atoms with E-state index in [0.717, 1.165) is 10.8 Å². The largest absolute Gasteiger partial charge is 0.298 e. The first-order chi connectivity index (χ1) is 10.5. The molecule has 0 saturated carbocycles. The molecule has 0 aliphatic rings. The summed E-state index contributed by atoms with van der Waals surface area (Å²) in [6.07, 6.45) is 0. The van der Waals surface area contributed by atoms with E-state index in [9.17, 15) is 9.18 Å². The van der Waals surface area contributed by atoms with Crippen molar-refractivity contribution in [1.29, 1.82) is 0 Å². The Morgan fingerprint density at radius 3 is 2.64 bits per heavy atom. The molecular weight excluding hydrogens is 370 g/mol. The van der Waals surface area contributed by atoms with Crippen LogP contribution in [-0.2, 0) is 0 Å². The van der Waals surface area contributed by atoms with Crippen molar-refractivity contribution < 1.29 is 9.18 Å². The van der Waals surface area contributed by atoms with Gasteiger partial charge in [0.15, 0.2) is 5.13 Å². The molecule has 8 heteroatoms. The molecule has 0 fully saturated rings. The van der Waals surface area contributed by atoms with Gasteiger partial charge in [-0.1, -0.05) is 52.2 Å². The molecule has 3 rings (SSSR count). The van der Waals surface area contributed by atoms with Gasteiger partial charge in [-0.2, -0.15) is 0 Å². The molecule has 0 radical (unpaired) electrons. The van der Waals surface area contributed by atoms with E-state index in [1.807, 2.05) is 0 Å². The standard InChI is InChI=1S/C14H6Cl3FN2OS/c15-6-2-1-3-8(18)10(6)13(21)20-14-19-12-9(22-14)5-4-7(16)11(12)17/h1-5H,(H,19,20,21). The highest BCUT2D eigenvalue weighted by Gasteiger charge is 2.18. The van der Waals surface area contributed by atoms with Crippen molar-refractivity contribution in [3.05, 3.63) is 56.8 Å². The minimum atomic E-state index is -0.702. The lowest BCUT2D eigenvalue weighted by Gasteiger charge is -2.04. The molecule has 3 nitrogen and oxygen atoms in total. The third kappa shape index (κ3) is 2.77. The maximum Gasteiger partial charge on any atom is 0.261 e. The maximum atomic E-state index is 13.7. The van der Waals surface area contributed by atoms with Crippen molar-refractivity contribution in [1.82, 2.24) is 4.98 Å². The summed E-state index contributed by atoms with van der Waals surface area (Å²) in [6.45, 7) is 0. The monoisotopic (exact) mass is 374 g/mol. The third-order valence-electron chi connectivity index (χ3n) is 2.86. The number of nitrogens with one attached hydrogen (secondary N) is 1. The van der Waals surface area contributed by atoms with Crippen LogP contribution in [0.5, 0.6) is 0 Å². The summed E-state index contributed by atoms with van der Waals surface area (Å²) in [6, 6.07) is 7.41. The topological polar surface area (TPSA) is 42.0 Å². The number of fused-ring (bicyclic) bond motifs is 1. The molecule has 1 amide bonds. The van der Waals surface area contributed by atoms with Crippen LogP contribution in [0.15, 0.2) is 30.3 Å². The highest BCUT2D eigenvalue weighted by molar-refractivity contribution is 7.22. The summed E-state index contributed by atoms with van der Waals surface area (Å²) in [5, 5.41) is 3.50. The van der Waals surface area contributed by atoms with E-state index in [-0.39, 0.29) is 15.7 Å². The van der Waals surface area contributed by atoms with Gasteiger partial charge < -0.3 is 0 Å². The number of carbonyl (C=O) groups excluding carboxylic acids is 1. The Morgan fingerprint density at radius 1 is 1.14 bits per heavy atom. The van der Waals surface area contributed by atoms with Crippen LogP contribution < -0.4 is 5.32 Å². The summed E-state index contributed by atoms with van der Waals surface area (Å²) < 4.78 is 14.5. The number of anilines is 1. The van der Waals surface area contributed by atoms with Gasteiger partial charge in [0.1, 0.15) is 11.3 Å². The van der Waals surface area contributed by atoms with E-state index in [0.29, 0.717) is 15.6 Å². The number of thiazole rings is 1. The molecule has 0 bridgehead atoms. The van der Waals surface area contributed by atoms with Gasteiger partial charge in [-0.15, -0.1) is 0 Å². The number of hydrogen-bond donors (Lipinski definition) is 1. The number of halogens is 4. The molecule has 1 aromatic heterocycles. The summed E-state index contributed by atoms with van der Waals surface area (Å²) in [7, 11) is 0. The number of nitrogens with zero attached hydrogens (tertiary/aromatic N) is 1. The average Bonchev–Trinajstić information content (AvgIpc) is 2.86. The maximum absolute atomic E-state index is 13.7. The van der Waals surface area contributed by atoms with Crippen molar-refractivity contribution in [2.24, 2.45) is 0 Å². The van der Waals surface area contributed by atoms with Crippen LogP contribution in [0.1, 0.15) is 10.4 Å². The first kappa shape index (κ1) is 15.5. The van der Waals surface area contributed by atoms with E-state index in [1.54, 1.807) is 12.1 Å². The van der Waals surface area contributed by atoms with Crippen LogP contribution in [0.4, 0.5) is 9.52 Å². The second-order valence-corrected chi connectivity index (χ2v) is 6.50. The molecular formula is C14H6Cl3FN2OS. The van der Waals surface area contributed by atoms with E-state index in [2.05, 4.69) is 10.3 Å². The normalized spacial score (nSPS) is 10.9. The van der Waals surface area contributed by atoms with Gasteiger partial charge in [0.2, 0.25) is 0 Å². The fourth-order valence-corrected chi connectivity index (χ4v) is 3.40. The fourth-order valence-electron chi connectivity index (χ4n) is 1.87. The van der Waals surface area contributed by atoms with Gasteiger partial charge in [0, 0.05) is 0 Å². The van der Waals surface area contributed by atoms with Gasteiger partial charge in [-0.25, -0.2) is 9.37 Å².